The van der Waals surface area contributed by atoms with E-state index in [9.17, 15) is 18.8 Å². The lowest BCUT2D eigenvalue weighted by molar-refractivity contribution is 0.0585. The average molecular weight is 454 g/mol. The van der Waals surface area contributed by atoms with Gasteiger partial charge in [-0.15, -0.1) is 0 Å². The van der Waals surface area contributed by atoms with Gasteiger partial charge in [0.1, 0.15) is 17.3 Å². The number of aromatic nitrogens is 1. The third-order valence-corrected chi connectivity index (χ3v) is 5.81. The number of carbonyl (C=O) groups is 3. The van der Waals surface area contributed by atoms with Crippen LogP contribution in [-0.4, -0.2) is 40.3 Å². The van der Waals surface area contributed by atoms with Gasteiger partial charge in [-0.3, -0.25) is 9.59 Å². The highest BCUT2D eigenvalue weighted by Crippen LogP contribution is 2.27. The number of rotatable bonds is 8. The van der Waals surface area contributed by atoms with E-state index in [2.05, 4.69) is 0 Å². The van der Waals surface area contributed by atoms with E-state index >= 15 is 0 Å². The molecule has 0 aliphatic carbocycles. The van der Waals surface area contributed by atoms with E-state index < -0.39 is 23.7 Å². The number of ketones is 1. The highest BCUT2D eigenvalue weighted by molar-refractivity contribution is 6.07. The van der Waals surface area contributed by atoms with Crippen LogP contribution in [0.5, 0.6) is 0 Å². The number of carbonyl (C=O) groups excluding carboxylic acids is 3. The molecule has 3 aromatic rings. The molecule has 2 aromatic heterocycles. The largest absolute Gasteiger partial charge is 0.467 e. The number of methoxy groups -OCH3 is 1. The maximum Gasteiger partial charge on any atom is 0.354 e. The molecule has 1 atom stereocenters. The molecular weight excluding hydrogens is 427 g/mol. The number of halogens is 1. The van der Waals surface area contributed by atoms with Gasteiger partial charge in [-0.2, -0.15) is 0 Å². The van der Waals surface area contributed by atoms with E-state index in [0.717, 1.165) is 0 Å². The highest BCUT2D eigenvalue weighted by atomic mass is 19.1. The van der Waals surface area contributed by atoms with Crippen molar-refractivity contribution in [3.05, 3.63) is 82.3 Å². The molecule has 8 heteroatoms. The summed E-state index contributed by atoms with van der Waals surface area (Å²) < 4.78 is 25.4. The molecule has 0 aliphatic heterocycles. The van der Waals surface area contributed by atoms with Crippen molar-refractivity contribution in [3.63, 3.8) is 0 Å². The number of ether oxygens (including phenoxy) is 1. The first-order chi connectivity index (χ1) is 15.7. The van der Waals surface area contributed by atoms with Crippen LogP contribution >= 0.6 is 0 Å². The van der Waals surface area contributed by atoms with Crippen molar-refractivity contribution in [2.75, 3.05) is 7.11 Å². The number of nitrogens with zero attached hydrogens (tertiary/aromatic N) is 2. The topological polar surface area (TPSA) is 81.8 Å². The Hall–Kier alpha value is -3.68. The molecule has 0 fully saturated rings. The molecule has 0 spiro atoms. The van der Waals surface area contributed by atoms with Crippen molar-refractivity contribution in [1.29, 1.82) is 0 Å². The highest BCUT2D eigenvalue weighted by Gasteiger charge is 2.33. The quantitative estimate of drug-likeness (QED) is 0.368. The predicted octanol–water partition coefficient (Wildman–Crippen LogP) is 4.56. The molecule has 1 aromatic carbocycles. The van der Waals surface area contributed by atoms with Crippen molar-refractivity contribution in [1.82, 2.24) is 9.47 Å². The van der Waals surface area contributed by atoms with Crippen LogP contribution in [0.3, 0.4) is 0 Å². The van der Waals surface area contributed by atoms with Crippen molar-refractivity contribution in [3.8, 4) is 0 Å². The van der Waals surface area contributed by atoms with Crippen molar-refractivity contribution < 1.29 is 27.9 Å². The van der Waals surface area contributed by atoms with Gasteiger partial charge in [-0.25, -0.2) is 9.18 Å². The van der Waals surface area contributed by atoms with E-state index in [1.807, 2.05) is 6.92 Å². The summed E-state index contributed by atoms with van der Waals surface area (Å²) in [6.45, 7) is 7.49. The SMILES string of the molecule is CCn1c(C)c(C(=O)C(C)N(Cc2ccco2)C(=O)c2ccc(F)cc2)c(C)c1C(=O)OC. The summed E-state index contributed by atoms with van der Waals surface area (Å²) in [5.41, 5.74) is 2.07. The molecule has 1 amide bonds. The van der Waals surface area contributed by atoms with Crippen LogP contribution in [0.2, 0.25) is 0 Å². The van der Waals surface area contributed by atoms with Gasteiger partial charge in [-0.05, 0) is 69.7 Å². The Bertz CT molecular complexity index is 1160. The average Bonchev–Trinajstić information content (AvgIpc) is 3.41. The number of esters is 1. The molecule has 3 rings (SSSR count). The summed E-state index contributed by atoms with van der Waals surface area (Å²) >= 11 is 0. The zero-order valence-corrected chi connectivity index (χ0v) is 19.3. The molecule has 0 N–H and O–H groups in total. The van der Waals surface area contributed by atoms with E-state index in [1.54, 1.807) is 37.5 Å². The van der Waals surface area contributed by atoms with Crippen LogP contribution in [0, 0.1) is 19.7 Å². The fraction of sp³-hybridized carbons (Fsp3) is 0.320. The number of benzene rings is 1. The Labute approximate surface area is 191 Å². The van der Waals surface area contributed by atoms with Crippen molar-refractivity contribution in [2.45, 2.75) is 46.8 Å². The first kappa shape index (κ1) is 24.0. The number of Topliss-reactive ketones (excluding diaryl/α,β-unsaturated/α-hetero) is 1. The van der Waals surface area contributed by atoms with Gasteiger partial charge in [0.15, 0.2) is 5.78 Å². The first-order valence-electron chi connectivity index (χ1n) is 10.6. The normalized spacial score (nSPS) is 11.8. The van der Waals surface area contributed by atoms with Crippen LogP contribution in [-0.2, 0) is 17.8 Å². The van der Waals surface area contributed by atoms with Crippen molar-refractivity contribution in [2.24, 2.45) is 0 Å². The van der Waals surface area contributed by atoms with Gasteiger partial charge in [-0.1, -0.05) is 0 Å². The Morgan fingerprint density at radius 3 is 2.36 bits per heavy atom. The van der Waals surface area contributed by atoms with Gasteiger partial charge in [0.05, 0.1) is 26.0 Å². The summed E-state index contributed by atoms with van der Waals surface area (Å²) in [7, 11) is 1.29. The lowest BCUT2D eigenvalue weighted by Crippen LogP contribution is -2.43. The lowest BCUT2D eigenvalue weighted by Gasteiger charge is -2.28. The maximum absolute atomic E-state index is 13.7. The van der Waals surface area contributed by atoms with E-state index in [1.165, 1.54) is 42.5 Å². The maximum atomic E-state index is 13.7. The fourth-order valence-electron chi connectivity index (χ4n) is 4.08. The second kappa shape index (κ2) is 9.85. The minimum atomic E-state index is -0.886. The Morgan fingerprint density at radius 2 is 1.82 bits per heavy atom. The second-order valence-corrected chi connectivity index (χ2v) is 7.73. The van der Waals surface area contributed by atoms with Gasteiger partial charge in [0, 0.05) is 23.4 Å². The minimum absolute atomic E-state index is 0.0482. The van der Waals surface area contributed by atoms with Gasteiger partial charge in [0.2, 0.25) is 0 Å². The van der Waals surface area contributed by atoms with Crippen LogP contribution in [0.25, 0.3) is 0 Å². The first-order valence-corrected chi connectivity index (χ1v) is 10.6. The molecule has 2 heterocycles. The molecule has 174 valence electrons. The van der Waals surface area contributed by atoms with Crippen LogP contribution in [0.1, 0.15) is 62.1 Å². The Kier molecular flexibility index (Phi) is 7.16. The second-order valence-electron chi connectivity index (χ2n) is 7.73. The molecule has 0 aliphatic rings. The molecular formula is C25H27FN2O5. The van der Waals surface area contributed by atoms with Crippen molar-refractivity contribution >= 4 is 17.7 Å². The van der Waals surface area contributed by atoms with Gasteiger partial charge >= 0.3 is 5.97 Å². The van der Waals surface area contributed by atoms with E-state index in [0.29, 0.717) is 34.8 Å². The van der Waals surface area contributed by atoms with Gasteiger partial charge < -0.3 is 18.6 Å². The Morgan fingerprint density at radius 1 is 1.15 bits per heavy atom. The summed E-state index contributed by atoms with van der Waals surface area (Å²) in [6, 6.07) is 7.67. The number of hydrogen-bond donors (Lipinski definition) is 0. The summed E-state index contributed by atoms with van der Waals surface area (Å²) in [6.07, 6.45) is 1.49. The molecule has 0 saturated carbocycles. The lowest BCUT2D eigenvalue weighted by atomic mass is 9.99. The minimum Gasteiger partial charge on any atom is -0.467 e. The third-order valence-electron chi connectivity index (χ3n) is 5.81. The fourth-order valence-corrected chi connectivity index (χ4v) is 4.08. The van der Waals surface area contributed by atoms with Gasteiger partial charge in [0.25, 0.3) is 5.91 Å². The van der Waals surface area contributed by atoms with E-state index in [4.69, 9.17) is 9.15 Å². The molecule has 33 heavy (non-hydrogen) atoms. The predicted molar refractivity (Wildman–Crippen MR) is 120 cm³/mol. The van der Waals surface area contributed by atoms with E-state index in [-0.39, 0.29) is 17.9 Å². The summed E-state index contributed by atoms with van der Waals surface area (Å²) in [4.78, 5) is 40.8. The zero-order chi connectivity index (χ0) is 24.3. The number of amides is 1. The molecule has 0 radical (unpaired) electrons. The monoisotopic (exact) mass is 454 g/mol. The summed E-state index contributed by atoms with van der Waals surface area (Å²) in [5.74, 6) is -1.25. The van der Waals surface area contributed by atoms with Crippen LogP contribution in [0.15, 0.2) is 47.1 Å². The standard InChI is InChI=1S/C25H27FN2O5/c1-6-27-16(3)21(15(2)22(27)25(31)32-5)23(29)17(4)28(14-20-8-7-13-33-20)24(30)18-9-11-19(26)12-10-18/h7-13,17H,6,14H2,1-5H3. The molecule has 1 unspecified atom stereocenters. The zero-order valence-electron chi connectivity index (χ0n) is 19.3. The van der Waals surface area contributed by atoms with Crippen LogP contribution in [0.4, 0.5) is 4.39 Å². The number of furan rings is 1. The molecule has 0 bridgehead atoms. The molecule has 7 nitrogen and oxygen atoms in total. The number of hydrogen-bond acceptors (Lipinski definition) is 5. The smallest absolute Gasteiger partial charge is 0.354 e. The third kappa shape index (κ3) is 4.60. The Balaban J connectivity index is 2.04. The summed E-state index contributed by atoms with van der Waals surface area (Å²) in [5, 5.41) is 0. The van der Waals surface area contributed by atoms with Crippen LogP contribution < -0.4 is 0 Å². The molecule has 0 saturated heterocycles.